The van der Waals surface area contributed by atoms with Gasteiger partial charge in [0.2, 0.25) is 0 Å². The van der Waals surface area contributed by atoms with Gasteiger partial charge in [-0.1, -0.05) is 33.1 Å². The number of methoxy groups -OCH3 is 1. The van der Waals surface area contributed by atoms with Crippen molar-refractivity contribution in [3.05, 3.63) is 29.6 Å². The predicted octanol–water partition coefficient (Wildman–Crippen LogP) is 4.08. The van der Waals surface area contributed by atoms with E-state index in [1.54, 1.807) is 12.1 Å². The van der Waals surface area contributed by atoms with Gasteiger partial charge in [0, 0.05) is 11.6 Å². The molecule has 1 rings (SSSR count). The van der Waals surface area contributed by atoms with Gasteiger partial charge in [-0.2, -0.15) is 0 Å². The van der Waals surface area contributed by atoms with E-state index >= 15 is 0 Å². The van der Waals surface area contributed by atoms with Crippen molar-refractivity contribution in [3.8, 4) is 5.75 Å². The lowest BCUT2D eigenvalue weighted by Crippen LogP contribution is -2.13. The summed E-state index contributed by atoms with van der Waals surface area (Å²) < 4.78 is 18.8. The van der Waals surface area contributed by atoms with Gasteiger partial charge >= 0.3 is 0 Å². The van der Waals surface area contributed by atoms with Gasteiger partial charge in [0.05, 0.1) is 13.2 Å². The van der Waals surface area contributed by atoms with Gasteiger partial charge in [-0.25, -0.2) is 4.39 Å². The van der Waals surface area contributed by atoms with Gasteiger partial charge in [-0.3, -0.25) is 0 Å². The average molecular weight is 254 g/mol. The van der Waals surface area contributed by atoms with Crippen molar-refractivity contribution in [1.29, 1.82) is 0 Å². The predicted molar refractivity (Wildman–Crippen MR) is 71.2 cm³/mol. The number of hydrogen-bond acceptors (Lipinski definition) is 2. The monoisotopic (exact) mass is 254 g/mol. The topological polar surface area (TPSA) is 29.5 Å². The number of halogens is 1. The molecule has 0 aliphatic heterocycles. The van der Waals surface area contributed by atoms with E-state index in [-0.39, 0.29) is 5.92 Å². The highest BCUT2D eigenvalue weighted by Gasteiger charge is 2.21. The van der Waals surface area contributed by atoms with E-state index in [0.29, 0.717) is 11.3 Å². The summed E-state index contributed by atoms with van der Waals surface area (Å²) in [6, 6.07) is 4.63. The summed E-state index contributed by atoms with van der Waals surface area (Å²) in [5.74, 6) is 0.203. The fraction of sp³-hybridized carbons (Fsp3) is 0.600. The van der Waals surface area contributed by atoms with Crippen molar-refractivity contribution in [2.45, 2.75) is 45.6 Å². The third kappa shape index (κ3) is 3.70. The number of hydrogen-bond donors (Lipinski definition) is 1. The second kappa shape index (κ2) is 7.37. The van der Waals surface area contributed by atoms with Crippen LogP contribution in [0.25, 0.3) is 0 Å². The lowest BCUT2D eigenvalue weighted by Gasteiger charge is -2.22. The molecule has 0 aromatic heterocycles. The molecule has 0 aliphatic carbocycles. The van der Waals surface area contributed by atoms with E-state index in [4.69, 9.17) is 4.74 Å². The Morgan fingerprint density at radius 3 is 2.56 bits per heavy atom. The van der Waals surface area contributed by atoms with Crippen LogP contribution in [0.4, 0.5) is 4.39 Å². The summed E-state index contributed by atoms with van der Waals surface area (Å²) in [6.45, 7) is 4.15. The van der Waals surface area contributed by atoms with Crippen LogP contribution in [0.15, 0.2) is 18.2 Å². The fourth-order valence-corrected chi connectivity index (χ4v) is 2.18. The molecule has 0 saturated carbocycles. The Hall–Kier alpha value is -1.09. The molecule has 1 aromatic carbocycles. The Morgan fingerprint density at radius 2 is 2.06 bits per heavy atom. The third-order valence-corrected chi connectivity index (χ3v) is 3.43. The molecule has 0 heterocycles. The molecule has 2 nitrogen and oxygen atoms in total. The Morgan fingerprint density at radius 1 is 1.33 bits per heavy atom. The van der Waals surface area contributed by atoms with E-state index in [0.717, 1.165) is 25.7 Å². The Kier molecular flexibility index (Phi) is 6.13. The zero-order valence-corrected chi connectivity index (χ0v) is 11.4. The minimum Gasteiger partial charge on any atom is -0.497 e. The first kappa shape index (κ1) is 15.0. The molecular formula is C15H23FO2. The Bertz CT molecular complexity index is 366. The highest BCUT2D eigenvalue weighted by Crippen LogP contribution is 2.31. The lowest BCUT2D eigenvalue weighted by atomic mass is 9.89. The molecule has 3 heteroatoms. The van der Waals surface area contributed by atoms with Crippen molar-refractivity contribution in [2.75, 3.05) is 7.11 Å². The standard InChI is InChI=1S/C15H23FO2/c1-4-6-7-11(5-2)15(17)13-9-8-12(18-3)10-14(13)16/h8-11,15,17H,4-7H2,1-3H3. The van der Waals surface area contributed by atoms with Crippen LogP contribution in [0.5, 0.6) is 5.75 Å². The van der Waals surface area contributed by atoms with E-state index in [9.17, 15) is 9.50 Å². The molecule has 0 radical (unpaired) electrons. The van der Waals surface area contributed by atoms with Gasteiger partial charge in [0.25, 0.3) is 0 Å². The van der Waals surface area contributed by atoms with Crippen LogP contribution in [-0.4, -0.2) is 12.2 Å². The maximum absolute atomic E-state index is 13.9. The molecule has 1 aromatic rings. The minimum atomic E-state index is -0.729. The van der Waals surface area contributed by atoms with Gasteiger partial charge in [0.15, 0.2) is 0 Å². The summed E-state index contributed by atoms with van der Waals surface area (Å²) in [5.41, 5.74) is 0.374. The largest absolute Gasteiger partial charge is 0.497 e. The first-order valence-electron chi connectivity index (χ1n) is 6.65. The first-order valence-corrected chi connectivity index (χ1v) is 6.65. The summed E-state index contributed by atoms with van der Waals surface area (Å²) in [4.78, 5) is 0. The van der Waals surface area contributed by atoms with E-state index in [2.05, 4.69) is 6.92 Å². The summed E-state index contributed by atoms with van der Waals surface area (Å²) in [6.07, 6.45) is 3.21. The number of unbranched alkanes of at least 4 members (excludes halogenated alkanes) is 1. The molecule has 2 atom stereocenters. The van der Waals surface area contributed by atoms with Crippen molar-refractivity contribution < 1.29 is 14.2 Å². The molecule has 1 N–H and O–H groups in total. The molecule has 2 unspecified atom stereocenters. The van der Waals surface area contributed by atoms with Crippen molar-refractivity contribution >= 4 is 0 Å². The van der Waals surface area contributed by atoms with Crippen molar-refractivity contribution in [1.82, 2.24) is 0 Å². The molecule has 0 saturated heterocycles. The molecule has 0 aliphatic rings. The average Bonchev–Trinajstić information content (AvgIpc) is 2.39. The van der Waals surface area contributed by atoms with Gasteiger partial charge in [-0.05, 0) is 24.5 Å². The van der Waals surface area contributed by atoms with Crippen LogP contribution in [-0.2, 0) is 0 Å². The zero-order valence-electron chi connectivity index (χ0n) is 11.4. The SMILES string of the molecule is CCCCC(CC)C(O)c1ccc(OC)cc1F. The van der Waals surface area contributed by atoms with Crippen LogP contribution < -0.4 is 4.74 Å². The lowest BCUT2D eigenvalue weighted by molar-refractivity contribution is 0.0953. The van der Waals surface area contributed by atoms with Gasteiger partial charge < -0.3 is 9.84 Å². The number of benzene rings is 1. The third-order valence-electron chi connectivity index (χ3n) is 3.43. The second-order valence-corrected chi connectivity index (χ2v) is 4.64. The molecule has 0 spiro atoms. The van der Waals surface area contributed by atoms with Crippen LogP contribution >= 0.6 is 0 Å². The molecule has 0 amide bonds. The van der Waals surface area contributed by atoms with Gasteiger partial charge in [-0.15, -0.1) is 0 Å². The van der Waals surface area contributed by atoms with Crippen molar-refractivity contribution in [3.63, 3.8) is 0 Å². The van der Waals surface area contributed by atoms with Gasteiger partial charge in [0.1, 0.15) is 11.6 Å². The number of aliphatic hydroxyl groups excluding tert-OH is 1. The van der Waals surface area contributed by atoms with E-state index in [1.165, 1.54) is 13.2 Å². The van der Waals surface area contributed by atoms with Crippen LogP contribution in [0, 0.1) is 11.7 Å². The molecule has 102 valence electrons. The fourth-order valence-electron chi connectivity index (χ4n) is 2.18. The normalized spacial score (nSPS) is 14.3. The number of rotatable bonds is 7. The van der Waals surface area contributed by atoms with Crippen molar-refractivity contribution in [2.24, 2.45) is 5.92 Å². The summed E-state index contributed by atoms with van der Waals surface area (Å²) in [5, 5.41) is 10.3. The highest BCUT2D eigenvalue weighted by atomic mass is 19.1. The van der Waals surface area contributed by atoms with Crippen LogP contribution in [0.3, 0.4) is 0 Å². The smallest absolute Gasteiger partial charge is 0.132 e. The Balaban J connectivity index is 2.83. The maximum Gasteiger partial charge on any atom is 0.132 e. The quantitative estimate of drug-likeness (QED) is 0.794. The summed E-state index contributed by atoms with van der Waals surface area (Å²) in [7, 11) is 1.50. The maximum atomic E-state index is 13.9. The first-order chi connectivity index (χ1) is 8.63. The van der Waals surface area contributed by atoms with Crippen LogP contribution in [0.1, 0.15) is 51.2 Å². The highest BCUT2D eigenvalue weighted by molar-refractivity contribution is 5.30. The van der Waals surface area contributed by atoms with E-state index < -0.39 is 11.9 Å². The second-order valence-electron chi connectivity index (χ2n) is 4.64. The molecule has 18 heavy (non-hydrogen) atoms. The number of ether oxygens (including phenoxy) is 1. The number of aliphatic hydroxyl groups is 1. The summed E-state index contributed by atoms with van der Waals surface area (Å²) >= 11 is 0. The molecule has 0 bridgehead atoms. The zero-order chi connectivity index (χ0) is 13.5. The Labute approximate surface area is 109 Å². The van der Waals surface area contributed by atoms with Crippen LogP contribution in [0.2, 0.25) is 0 Å². The minimum absolute atomic E-state index is 0.118. The molecule has 0 fully saturated rings. The molecular weight excluding hydrogens is 231 g/mol. The van der Waals surface area contributed by atoms with E-state index in [1.807, 2.05) is 6.92 Å².